The number of ether oxygens (including phenoxy) is 1. The SMILES string of the molecule is COc1ccc(S(=O)(=O)Nc2ccc(N(c3ccc(C(F)(F)F)cc3)S(=O)[O-])cc2)cc1. The van der Waals surface area contributed by atoms with Crippen LogP contribution in [0.25, 0.3) is 0 Å². The maximum absolute atomic E-state index is 12.7. The third-order valence-corrected chi connectivity index (χ3v) is 6.42. The van der Waals surface area contributed by atoms with E-state index in [0.717, 1.165) is 28.6 Å². The van der Waals surface area contributed by atoms with Gasteiger partial charge in [0.05, 0.1) is 40.2 Å². The Balaban J connectivity index is 1.82. The number of rotatable bonds is 7. The molecule has 170 valence electrons. The predicted octanol–water partition coefficient (Wildman–Crippen LogP) is 4.45. The molecule has 0 saturated heterocycles. The van der Waals surface area contributed by atoms with Gasteiger partial charge in [-0.3, -0.25) is 13.2 Å². The molecular formula is C20H16F3N2O5S2-. The van der Waals surface area contributed by atoms with Crippen LogP contribution in [0.4, 0.5) is 30.2 Å². The van der Waals surface area contributed by atoms with E-state index < -0.39 is 33.0 Å². The zero-order valence-electron chi connectivity index (χ0n) is 16.4. The van der Waals surface area contributed by atoms with Crippen molar-refractivity contribution in [2.45, 2.75) is 11.1 Å². The van der Waals surface area contributed by atoms with E-state index in [4.69, 9.17) is 4.74 Å². The lowest BCUT2D eigenvalue weighted by Crippen LogP contribution is -2.20. The molecule has 0 amide bonds. The summed E-state index contributed by atoms with van der Waals surface area (Å²) >= 11 is -2.84. The number of anilines is 3. The minimum atomic E-state index is -4.55. The fourth-order valence-corrected chi connectivity index (χ4v) is 4.39. The highest BCUT2D eigenvalue weighted by Gasteiger charge is 2.30. The minimum absolute atomic E-state index is 0.00517. The third kappa shape index (κ3) is 5.39. The topological polar surface area (TPSA) is 98.8 Å². The van der Waals surface area contributed by atoms with Gasteiger partial charge in [-0.05, 0) is 72.8 Å². The van der Waals surface area contributed by atoms with Gasteiger partial charge in [-0.25, -0.2) is 8.42 Å². The average molecular weight is 485 g/mol. The second-order valence-electron chi connectivity index (χ2n) is 6.38. The van der Waals surface area contributed by atoms with E-state index >= 15 is 0 Å². The van der Waals surface area contributed by atoms with Crippen molar-refractivity contribution in [1.82, 2.24) is 0 Å². The van der Waals surface area contributed by atoms with E-state index in [-0.39, 0.29) is 22.0 Å². The maximum Gasteiger partial charge on any atom is 0.416 e. The lowest BCUT2D eigenvalue weighted by molar-refractivity contribution is -0.137. The minimum Gasteiger partial charge on any atom is -0.755 e. The second-order valence-corrected chi connectivity index (χ2v) is 8.87. The first-order valence-electron chi connectivity index (χ1n) is 8.85. The quantitative estimate of drug-likeness (QED) is 0.499. The summed E-state index contributed by atoms with van der Waals surface area (Å²) in [7, 11) is -2.46. The number of alkyl halides is 3. The van der Waals surface area contributed by atoms with E-state index in [0.29, 0.717) is 5.75 Å². The van der Waals surface area contributed by atoms with Crippen molar-refractivity contribution in [3.63, 3.8) is 0 Å². The summed E-state index contributed by atoms with van der Waals surface area (Å²) in [6, 6.07) is 14.6. The monoisotopic (exact) mass is 485 g/mol. The van der Waals surface area contributed by atoms with E-state index in [1.807, 2.05) is 0 Å². The Bertz CT molecular complexity index is 1200. The van der Waals surface area contributed by atoms with Gasteiger partial charge in [0.2, 0.25) is 0 Å². The van der Waals surface area contributed by atoms with Crippen molar-refractivity contribution in [2.75, 3.05) is 16.1 Å². The molecule has 1 N–H and O–H groups in total. The summed E-state index contributed by atoms with van der Waals surface area (Å²) in [6.45, 7) is 0. The molecule has 0 aromatic heterocycles. The van der Waals surface area contributed by atoms with E-state index in [2.05, 4.69) is 4.72 Å². The predicted molar refractivity (Wildman–Crippen MR) is 113 cm³/mol. The zero-order chi connectivity index (χ0) is 23.5. The van der Waals surface area contributed by atoms with Crippen molar-refractivity contribution in [3.05, 3.63) is 78.4 Å². The Morgan fingerprint density at radius 3 is 1.84 bits per heavy atom. The van der Waals surface area contributed by atoms with Crippen LogP contribution in [0.1, 0.15) is 5.56 Å². The molecule has 32 heavy (non-hydrogen) atoms. The highest BCUT2D eigenvalue weighted by molar-refractivity contribution is 7.92. The molecule has 1 atom stereocenters. The fraction of sp³-hybridized carbons (Fsp3) is 0.100. The molecule has 0 aliphatic heterocycles. The Hall–Kier alpha value is -3.09. The van der Waals surface area contributed by atoms with Crippen LogP contribution >= 0.6 is 0 Å². The van der Waals surface area contributed by atoms with Crippen LogP contribution in [0.3, 0.4) is 0 Å². The maximum atomic E-state index is 12.7. The molecule has 3 aromatic carbocycles. The molecule has 0 radical (unpaired) electrons. The number of benzene rings is 3. The second kappa shape index (κ2) is 9.18. The van der Waals surface area contributed by atoms with Gasteiger partial charge in [0.25, 0.3) is 10.0 Å². The van der Waals surface area contributed by atoms with Gasteiger partial charge in [0.1, 0.15) is 5.75 Å². The first-order chi connectivity index (χ1) is 15.0. The van der Waals surface area contributed by atoms with E-state index in [1.54, 1.807) is 0 Å². The summed E-state index contributed by atoms with van der Waals surface area (Å²) < 4.78 is 94.8. The Labute approximate surface area is 184 Å². The third-order valence-electron chi connectivity index (χ3n) is 4.30. The molecule has 0 aliphatic carbocycles. The summed E-state index contributed by atoms with van der Waals surface area (Å²) in [5.41, 5.74) is -0.668. The molecule has 7 nitrogen and oxygen atoms in total. The van der Waals surface area contributed by atoms with Crippen LogP contribution in [-0.2, 0) is 27.5 Å². The summed E-state index contributed by atoms with van der Waals surface area (Å²) in [4.78, 5) is -0.00517. The number of nitrogens with one attached hydrogen (secondary N) is 1. The molecular weight excluding hydrogens is 469 g/mol. The summed E-state index contributed by atoms with van der Waals surface area (Å²) in [5, 5.41) is 0. The lowest BCUT2D eigenvalue weighted by Gasteiger charge is -2.27. The molecule has 1 unspecified atom stereocenters. The van der Waals surface area contributed by atoms with Gasteiger partial charge in [-0.2, -0.15) is 13.2 Å². The summed E-state index contributed by atoms with van der Waals surface area (Å²) in [6.07, 6.45) is -4.55. The van der Waals surface area contributed by atoms with Gasteiger partial charge in [-0.15, -0.1) is 0 Å². The van der Waals surface area contributed by atoms with Crippen LogP contribution in [0.15, 0.2) is 77.7 Å². The molecule has 12 heteroatoms. The molecule has 0 aliphatic rings. The largest absolute Gasteiger partial charge is 0.755 e. The van der Waals surface area contributed by atoms with Crippen molar-refractivity contribution >= 4 is 38.4 Å². The van der Waals surface area contributed by atoms with Gasteiger partial charge in [0.15, 0.2) is 0 Å². The standard InChI is InChI=1S/C20H17F3N2O5S2/c1-30-18-10-12-19(13-11-18)32(28,29)24-15-4-8-17(9-5-15)25(31(26)27)16-6-2-14(3-7-16)20(21,22)23/h2-13,24H,1H3,(H,26,27)/p-1. The molecule has 0 spiro atoms. The molecule has 0 saturated carbocycles. The summed E-state index contributed by atoms with van der Waals surface area (Å²) in [5.74, 6) is 0.488. The molecule has 3 rings (SSSR count). The van der Waals surface area contributed by atoms with Gasteiger partial charge < -0.3 is 9.29 Å². The first kappa shape index (κ1) is 23.6. The van der Waals surface area contributed by atoms with Gasteiger partial charge in [0, 0.05) is 5.69 Å². The Kier molecular flexibility index (Phi) is 6.77. The van der Waals surface area contributed by atoms with E-state index in [1.165, 1.54) is 55.6 Å². The molecule has 0 fully saturated rings. The number of nitrogens with zero attached hydrogens (tertiary/aromatic N) is 1. The average Bonchev–Trinajstić information content (AvgIpc) is 2.74. The normalized spacial score (nSPS) is 12.8. The smallest absolute Gasteiger partial charge is 0.416 e. The number of hydrogen-bond acceptors (Lipinski definition) is 5. The van der Waals surface area contributed by atoms with Crippen LogP contribution in [0.5, 0.6) is 5.75 Å². The van der Waals surface area contributed by atoms with Crippen molar-refractivity contribution in [3.8, 4) is 5.75 Å². The lowest BCUT2D eigenvalue weighted by atomic mass is 10.2. The van der Waals surface area contributed by atoms with Crippen molar-refractivity contribution < 1.29 is 35.1 Å². The van der Waals surface area contributed by atoms with Gasteiger partial charge >= 0.3 is 6.18 Å². The highest BCUT2D eigenvalue weighted by atomic mass is 32.2. The number of methoxy groups -OCH3 is 1. The van der Waals surface area contributed by atoms with Crippen molar-refractivity contribution in [2.24, 2.45) is 0 Å². The van der Waals surface area contributed by atoms with Crippen LogP contribution < -0.4 is 13.8 Å². The highest BCUT2D eigenvalue weighted by Crippen LogP contribution is 2.33. The molecule has 0 heterocycles. The van der Waals surface area contributed by atoms with Crippen LogP contribution in [-0.4, -0.2) is 24.3 Å². The first-order valence-corrected chi connectivity index (χ1v) is 11.4. The number of sulfonamides is 1. The number of hydrogen-bond donors (Lipinski definition) is 1. The van der Waals surface area contributed by atoms with Crippen molar-refractivity contribution in [1.29, 1.82) is 0 Å². The Morgan fingerprint density at radius 1 is 0.906 bits per heavy atom. The van der Waals surface area contributed by atoms with Crippen LogP contribution in [0, 0.1) is 0 Å². The molecule has 3 aromatic rings. The van der Waals surface area contributed by atoms with Crippen LogP contribution in [0.2, 0.25) is 0 Å². The fourth-order valence-electron chi connectivity index (χ4n) is 2.74. The Morgan fingerprint density at radius 2 is 1.41 bits per heavy atom. The zero-order valence-corrected chi connectivity index (χ0v) is 18.0. The number of halogens is 3. The molecule has 0 bridgehead atoms. The van der Waals surface area contributed by atoms with Gasteiger partial charge in [-0.1, -0.05) is 0 Å². The van der Waals surface area contributed by atoms with E-state index in [9.17, 15) is 30.4 Å².